The van der Waals surface area contributed by atoms with Crippen LogP contribution in [0.3, 0.4) is 0 Å². The quantitative estimate of drug-likeness (QED) is 0.595. The first kappa shape index (κ1) is 20.0. The van der Waals surface area contributed by atoms with Gasteiger partial charge in [-0.05, 0) is 37.2 Å². The van der Waals surface area contributed by atoms with Crippen LogP contribution >= 0.6 is 9.24 Å². The normalized spacial score (nSPS) is 32.9. The number of hydrogen-bond donors (Lipinski definition) is 1. The average Bonchev–Trinajstić information content (AvgIpc) is 2.76. The summed E-state index contributed by atoms with van der Waals surface area (Å²) in [5.41, 5.74) is 1.25. The summed E-state index contributed by atoms with van der Waals surface area (Å²) in [4.78, 5) is 2.62. The van der Waals surface area contributed by atoms with Gasteiger partial charge in [0.1, 0.15) is 0 Å². The van der Waals surface area contributed by atoms with Gasteiger partial charge < -0.3 is 9.84 Å². The largest absolute Gasteiger partial charge is 0.394 e. The Labute approximate surface area is 171 Å². The average molecular weight is 397 g/mol. The molecular weight excluding hydrogens is 365 g/mol. The SMILES string of the molecule is OCC1CN(C(c2ccccc2)(C2C=CC=CC2)[C@H]2C=CCCC2)CC(P)O1. The van der Waals surface area contributed by atoms with Gasteiger partial charge in [-0.25, -0.2) is 0 Å². The van der Waals surface area contributed by atoms with Crippen LogP contribution in [-0.2, 0) is 10.3 Å². The number of nitrogens with zero attached hydrogens (tertiary/aromatic N) is 1. The minimum Gasteiger partial charge on any atom is -0.394 e. The van der Waals surface area contributed by atoms with Crippen LogP contribution in [0.15, 0.2) is 66.8 Å². The number of hydrogen-bond acceptors (Lipinski definition) is 3. The molecule has 0 spiro atoms. The van der Waals surface area contributed by atoms with E-state index in [1.165, 1.54) is 24.8 Å². The first-order valence-corrected chi connectivity index (χ1v) is 11.2. The molecule has 4 rings (SSSR count). The second kappa shape index (κ2) is 9.05. The Morgan fingerprint density at radius 1 is 1.07 bits per heavy atom. The summed E-state index contributed by atoms with van der Waals surface area (Å²) in [5, 5.41) is 9.88. The molecule has 5 unspecified atom stereocenters. The van der Waals surface area contributed by atoms with Crippen molar-refractivity contribution in [2.45, 2.75) is 43.2 Å². The van der Waals surface area contributed by atoms with E-state index in [9.17, 15) is 5.11 Å². The van der Waals surface area contributed by atoms with E-state index in [-0.39, 0.29) is 24.1 Å². The van der Waals surface area contributed by atoms with Crippen LogP contribution in [0.2, 0.25) is 0 Å². The van der Waals surface area contributed by atoms with Crippen LogP contribution in [0.5, 0.6) is 0 Å². The van der Waals surface area contributed by atoms with Gasteiger partial charge in [0.25, 0.3) is 0 Å². The fourth-order valence-electron chi connectivity index (χ4n) is 5.42. The molecule has 1 aromatic carbocycles. The van der Waals surface area contributed by atoms with Crippen molar-refractivity contribution >= 4 is 9.24 Å². The molecule has 1 fully saturated rings. The summed E-state index contributed by atoms with van der Waals surface area (Å²) in [6.07, 6.45) is 18.4. The third-order valence-electron chi connectivity index (χ3n) is 6.52. The third kappa shape index (κ3) is 3.78. The first-order valence-electron chi connectivity index (χ1n) is 10.6. The summed E-state index contributed by atoms with van der Waals surface area (Å²) < 4.78 is 5.99. The summed E-state index contributed by atoms with van der Waals surface area (Å²) >= 11 is 0. The Kier molecular flexibility index (Phi) is 6.48. The highest BCUT2D eigenvalue weighted by molar-refractivity contribution is 7.17. The molecular formula is C24H32NO2P. The maximum atomic E-state index is 9.88. The van der Waals surface area contributed by atoms with E-state index >= 15 is 0 Å². The number of ether oxygens (including phenoxy) is 1. The minimum atomic E-state index is -0.144. The Bertz CT molecular complexity index is 727. The molecule has 0 radical (unpaired) electrons. The monoisotopic (exact) mass is 397 g/mol. The summed E-state index contributed by atoms with van der Waals surface area (Å²) in [7, 11) is 2.83. The molecule has 150 valence electrons. The van der Waals surface area contributed by atoms with E-state index in [4.69, 9.17) is 4.74 Å². The van der Waals surface area contributed by atoms with Crippen molar-refractivity contribution in [3.05, 3.63) is 72.4 Å². The van der Waals surface area contributed by atoms with Gasteiger partial charge in [-0.1, -0.05) is 66.8 Å². The van der Waals surface area contributed by atoms with E-state index < -0.39 is 0 Å². The molecule has 2 aliphatic carbocycles. The Balaban J connectivity index is 1.86. The summed E-state index contributed by atoms with van der Waals surface area (Å²) in [6, 6.07) is 11.0. The van der Waals surface area contributed by atoms with E-state index in [2.05, 4.69) is 80.9 Å². The summed E-state index contributed by atoms with van der Waals surface area (Å²) in [6.45, 7) is 1.68. The van der Waals surface area contributed by atoms with Gasteiger partial charge in [-0.15, -0.1) is 9.24 Å². The fourth-order valence-corrected chi connectivity index (χ4v) is 5.90. The predicted molar refractivity (Wildman–Crippen MR) is 118 cm³/mol. The summed E-state index contributed by atoms with van der Waals surface area (Å²) in [5.74, 6) is 0.867. The van der Waals surface area contributed by atoms with Gasteiger partial charge in [-0.2, -0.15) is 0 Å². The van der Waals surface area contributed by atoms with Crippen LogP contribution in [-0.4, -0.2) is 41.7 Å². The Morgan fingerprint density at radius 2 is 1.93 bits per heavy atom. The highest BCUT2D eigenvalue weighted by Crippen LogP contribution is 2.50. The van der Waals surface area contributed by atoms with Crippen molar-refractivity contribution in [1.82, 2.24) is 4.90 Å². The van der Waals surface area contributed by atoms with Crippen LogP contribution in [0.4, 0.5) is 0 Å². The van der Waals surface area contributed by atoms with Gasteiger partial charge in [0.05, 0.1) is 24.1 Å². The number of allylic oxidation sites excluding steroid dienone is 4. The van der Waals surface area contributed by atoms with Gasteiger partial charge >= 0.3 is 0 Å². The lowest BCUT2D eigenvalue weighted by molar-refractivity contribution is -0.123. The lowest BCUT2D eigenvalue weighted by atomic mass is 9.63. The van der Waals surface area contributed by atoms with Crippen molar-refractivity contribution < 1.29 is 9.84 Å². The molecule has 1 aliphatic heterocycles. The van der Waals surface area contributed by atoms with Gasteiger partial charge in [0.15, 0.2) is 0 Å². The first-order chi connectivity index (χ1) is 13.7. The molecule has 1 N–H and O–H groups in total. The molecule has 0 bridgehead atoms. The van der Waals surface area contributed by atoms with Crippen molar-refractivity contribution in [2.75, 3.05) is 19.7 Å². The second-order valence-corrected chi connectivity index (χ2v) is 8.94. The van der Waals surface area contributed by atoms with E-state index in [0.717, 1.165) is 19.5 Å². The fraction of sp³-hybridized carbons (Fsp3) is 0.500. The molecule has 0 aromatic heterocycles. The van der Waals surface area contributed by atoms with Crippen molar-refractivity contribution in [2.24, 2.45) is 11.8 Å². The van der Waals surface area contributed by atoms with Gasteiger partial charge in [-0.3, -0.25) is 4.90 Å². The Morgan fingerprint density at radius 3 is 2.61 bits per heavy atom. The zero-order chi connectivity index (χ0) is 19.4. The van der Waals surface area contributed by atoms with Crippen molar-refractivity contribution in [1.29, 1.82) is 0 Å². The molecule has 4 heteroatoms. The van der Waals surface area contributed by atoms with Crippen molar-refractivity contribution in [3.63, 3.8) is 0 Å². The van der Waals surface area contributed by atoms with Crippen LogP contribution in [0, 0.1) is 11.8 Å². The van der Waals surface area contributed by atoms with Gasteiger partial charge in [0, 0.05) is 19.0 Å². The standard InChI is InChI=1S/C24H32NO2P/c26-18-22-16-25(17-23(28)27-22)24(19-10-4-1-5-11-19,20-12-6-2-7-13-20)21-14-8-3-9-15-21/h1-2,4-8,10-12,14,20-23,26H,3,9,13,15-18,28H2/t20?,21-,22?,23?,24?/m0/s1. The smallest absolute Gasteiger partial charge is 0.0941 e. The number of morpholine rings is 1. The maximum absolute atomic E-state index is 9.88. The molecule has 0 amide bonds. The number of benzene rings is 1. The maximum Gasteiger partial charge on any atom is 0.0941 e. The number of aliphatic hydroxyl groups is 1. The second-order valence-electron chi connectivity index (χ2n) is 8.20. The van der Waals surface area contributed by atoms with Crippen LogP contribution in [0.1, 0.15) is 31.2 Å². The number of aliphatic hydroxyl groups excluding tert-OH is 1. The molecule has 3 aliphatic rings. The molecule has 1 saturated heterocycles. The van der Waals surface area contributed by atoms with Crippen LogP contribution in [0.25, 0.3) is 0 Å². The predicted octanol–water partition coefficient (Wildman–Crippen LogP) is 4.26. The molecule has 1 aromatic rings. The topological polar surface area (TPSA) is 32.7 Å². The van der Waals surface area contributed by atoms with Crippen LogP contribution < -0.4 is 0 Å². The molecule has 3 nitrogen and oxygen atoms in total. The van der Waals surface area contributed by atoms with E-state index in [0.29, 0.717) is 11.8 Å². The lowest BCUT2D eigenvalue weighted by Gasteiger charge is -2.56. The zero-order valence-electron chi connectivity index (χ0n) is 16.5. The van der Waals surface area contributed by atoms with E-state index in [1.807, 2.05) is 0 Å². The van der Waals surface area contributed by atoms with E-state index in [1.54, 1.807) is 0 Å². The van der Waals surface area contributed by atoms with Gasteiger partial charge in [0.2, 0.25) is 0 Å². The molecule has 6 atom stereocenters. The zero-order valence-corrected chi connectivity index (χ0v) is 17.6. The molecule has 1 heterocycles. The lowest BCUT2D eigenvalue weighted by Crippen LogP contribution is -2.62. The number of rotatable bonds is 5. The van der Waals surface area contributed by atoms with Crippen molar-refractivity contribution in [3.8, 4) is 0 Å². The Hall–Kier alpha value is -1.25. The third-order valence-corrected chi connectivity index (χ3v) is 6.89. The minimum absolute atomic E-state index is 0.0321. The molecule has 28 heavy (non-hydrogen) atoms. The highest BCUT2D eigenvalue weighted by Gasteiger charge is 2.51. The highest BCUT2D eigenvalue weighted by atomic mass is 31.0. The molecule has 0 saturated carbocycles.